The van der Waals surface area contributed by atoms with Crippen LogP contribution < -0.4 is 15.3 Å². The van der Waals surface area contributed by atoms with Gasteiger partial charge in [0.2, 0.25) is 17.3 Å². The number of rotatable bonds is 9. The van der Waals surface area contributed by atoms with Crippen LogP contribution in [0.4, 0.5) is 92.2 Å². The SMILES string of the molecule is [2H]C([2H])([2H])C(C([O-])=CC(=O)C(F)(F)C(F)(F)C(F)(F)F)(C([2H])([2H])[2H])C([2H])([2H])[2H].[2H]C([2H])([2H])C(C([O-])=CC(=O)C(F)(F)C(F)(F)C(F)(F)F)(C([2H])([2H])[2H])C([2H])([2H])[2H].[2H]C([2H])([2H])C(C([O-])=CC(=O)C(F)(F)C(F)(F)C(F)(F)F)(C([2H])([2H])[2H])C([2H])([2H])[2H].[Eu+3]. The molecule has 0 fully saturated rings. The molecule has 28 heteroatoms. The van der Waals surface area contributed by atoms with Crippen molar-refractivity contribution in [2.75, 3.05) is 0 Å². The minimum Gasteiger partial charge on any atom is -0.875 e. The molecule has 0 rings (SSSR count). The van der Waals surface area contributed by atoms with Crippen molar-refractivity contribution in [2.45, 2.75) is 116 Å². The Morgan fingerprint density at radius 1 is 0.362 bits per heavy atom. The first-order valence-corrected chi connectivity index (χ1v) is 12.2. The minimum atomic E-state index is -7.03. The van der Waals surface area contributed by atoms with Gasteiger partial charge >= 0.3 is 103 Å². The Kier molecular flexibility index (Phi) is 8.92. The average molecular weight is 1060 g/mol. The first-order valence-electron chi connectivity index (χ1n) is 25.7. The molecule has 58 heavy (non-hydrogen) atoms. The zero-order valence-electron chi connectivity index (χ0n) is 53.0. The number of carbonyl (C=O) groups excluding carboxylic acids is 3. The van der Waals surface area contributed by atoms with E-state index in [-0.39, 0.29) is 49.4 Å². The third kappa shape index (κ3) is 15.0. The van der Waals surface area contributed by atoms with Crippen LogP contribution in [0.15, 0.2) is 35.5 Å². The predicted molar refractivity (Wildman–Crippen MR) is 145 cm³/mol. The molecule has 0 aromatic heterocycles. The van der Waals surface area contributed by atoms with Crippen LogP contribution in [0.25, 0.3) is 0 Å². The maximum atomic E-state index is 13.3. The number of alkyl halides is 21. The third-order valence-electron chi connectivity index (χ3n) is 5.07. The first kappa shape index (κ1) is 26.9. The van der Waals surface area contributed by atoms with Gasteiger partial charge in [-0.25, -0.2) is 0 Å². The van der Waals surface area contributed by atoms with Gasteiger partial charge in [0.1, 0.15) is 0 Å². The van der Waals surface area contributed by atoms with E-state index in [9.17, 15) is 122 Å². The van der Waals surface area contributed by atoms with Gasteiger partial charge in [-0.2, -0.15) is 92.2 Å². The summed E-state index contributed by atoms with van der Waals surface area (Å²) < 4.78 is 456. The van der Waals surface area contributed by atoms with E-state index in [1.54, 1.807) is 0 Å². The monoisotopic (exact) mass is 1070 g/mol. The quantitative estimate of drug-likeness (QED) is 0.131. The smallest absolute Gasteiger partial charge is 0.875 e. The summed E-state index contributed by atoms with van der Waals surface area (Å²) in [7, 11) is 0. The van der Waals surface area contributed by atoms with Crippen molar-refractivity contribution in [3.8, 4) is 0 Å². The van der Waals surface area contributed by atoms with Crippen molar-refractivity contribution in [1.82, 2.24) is 0 Å². The summed E-state index contributed by atoms with van der Waals surface area (Å²) in [6.07, 6.45) is -25.1. The van der Waals surface area contributed by atoms with Crippen molar-refractivity contribution in [3.63, 3.8) is 0 Å². The molecule has 0 radical (unpaired) electrons. The van der Waals surface area contributed by atoms with Crippen molar-refractivity contribution in [2.24, 2.45) is 16.2 Å². The van der Waals surface area contributed by atoms with E-state index >= 15 is 0 Å². The molecule has 0 aliphatic heterocycles. The molecule has 0 atom stereocenters. The molecular weight excluding hydrogens is 1010 g/mol. The topological polar surface area (TPSA) is 120 Å². The standard InChI is InChI=1S/3C10H11F7O2.Eu/c3*1-7(2,3)5(18)4-6(19)8(11,12)9(13,14)10(15,16)17;/h3*4,18H,1-3H3;/q;;;+3/p-3/i3*1D3,2D3,3D3;. The predicted octanol–water partition coefficient (Wildman–Crippen LogP) is 8.04. The molecule has 6 nitrogen and oxygen atoms in total. The number of carbonyl (C=O) groups is 3. The Morgan fingerprint density at radius 3 is 0.603 bits per heavy atom. The van der Waals surface area contributed by atoms with E-state index in [0.717, 1.165) is 0 Å². The van der Waals surface area contributed by atoms with Gasteiger partial charge in [-0.05, 0) is 34.5 Å². The Morgan fingerprint density at radius 2 is 0.500 bits per heavy atom. The summed E-state index contributed by atoms with van der Waals surface area (Å²) in [5.41, 5.74) is -13.6. The summed E-state index contributed by atoms with van der Waals surface area (Å²) in [4.78, 5) is 33.7. The van der Waals surface area contributed by atoms with Gasteiger partial charge in [-0.15, -0.1) is 17.3 Å². The molecule has 0 amide bonds. The zero-order chi connectivity index (χ0) is 70.1. The fraction of sp³-hybridized carbons (Fsp3) is 0.700. The van der Waals surface area contributed by atoms with E-state index in [0.29, 0.717) is 0 Å². The Labute approximate surface area is 393 Å². The molecule has 0 unspecified atom stereocenters. The van der Waals surface area contributed by atoms with Crippen LogP contribution in [0.2, 0.25) is 0 Å². The van der Waals surface area contributed by atoms with E-state index in [4.69, 9.17) is 37.0 Å². The van der Waals surface area contributed by atoms with Gasteiger partial charge in [0.15, 0.2) is 0 Å². The van der Waals surface area contributed by atoms with Crippen LogP contribution in [-0.4, -0.2) is 71.4 Å². The van der Waals surface area contributed by atoms with E-state index in [1.807, 2.05) is 0 Å². The molecule has 0 spiro atoms. The zero-order valence-corrected chi connectivity index (χ0v) is 28.4. The summed E-state index contributed by atoms with van der Waals surface area (Å²) in [5, 5.41) is 36.1. The molecule has 0 saturated carbocycles. The second-order valence-electron chi connectivity index (χ2n) is 9.81. The Balaban J connectivity index is -0.000000576. The van der Waals surface area contributed by atoms with Crippen molar-refractivity contribution in [3.05, 3.63) is 35.5 Å². The maximum Gasteiger partial charge on any atom is 3.00 e. The van der Waals surface area contributed by atoms with Crippen LogP contribution in [0.3, 0.4) is 0 Å². The number of hydrogen-bond acceptors (Lipinski definition) is 6. The second-order valence-corrected chi connectivity index (χ2v) is 9.81. The van der Waals surface area contributed by atoms with Gasteiger partial charge in [0, 0.05) is 37.0 Å². The number of allylic oxidation sites excluding steroid dienone is 6. The van der Waals surface area contributed by atoms with Gasteiger partial charge in [0.05, 0.1) is 0 Å². The summed E-state index contributed by atoms with van der Waals surface area (Å²) >= 11 is 0. The van der Waals surface area contributed by atoms with E-state index in [1.165, 1.54) is 0 Å². The summed E-state index contributed by atoms with van der Waals surface area (Å²) in [6.45, 7) is -39.0. The molecule has 0 bridgehead atoms. The largest absolute Gasteiger partial charge is 3.00 e. The fourth-order valence-corrected chi connectivity index (χ4v) is 1.95. The minimum absolute atomic E-state index is 0. The van der Waals surface area contributed by atoms with Gasteiger partial charge in [0.25, 0.3) is 0 Å². The van der Waals surface area contributed by atoms with Crippen LogP contribution in [0, 0.1) is 65.6 Å². The number of ketones is 3. The molecule has 0 saturated heterocycles. The summed E-state index contributed by atoms with van der Waals surface area (Å²) in [5.74, 6) is -60.7. The molecule has 0 aliphatic rings. The molecule has 340 valence electrons. The Bertz CT molecular complexity index is 2100. The van der Waals surface area contributed by atoms with E-state index < -0.39 is 185 Å². The van der Waals surface area contributed by atoms with Crippen LogP contribution in [0.1, 0.15) is 98.7 Å². The average Bonchev–Trinajstić information content (AvgIpc) is 3.11. The van der Waals surface area contributed by atoms with Crippen molar-refractivity contribution in [1.29, 1.82) is 0 Å². The third-order valence-corrected chi connectivity index (χ3v) is 5.07. The molecule has 0 aromatic carbocycles. The van der Waals surface area contributed by atoms with Crippen LogP contribution in [-0.2, 0) is 14.4 Å². The molecule has 0 heterocycles. The first-order chi connectivity index (χ1) is 35.4. The Hall–Kier alpha value is -2.26. The van der Waals surface area contributed by atoms with Crippen LogP contribution >= 0.6 is 0 Å². The normalized spacial score (nSPS) is 24.2. The summed E-state index contributed by atoms with van der Waals surface area (Å²) in [6, 6.07) is 0. The molecule has 0 aromatic rings. The van der Waals surface area contributed by atoms with Crippen molar-refractivity contribution >= 4 is 17.3 Å². The molecular formula is C30H30EuF21O6. The van der Waals surface area contributed by atoms with Crippen molar-refractivity contribution < 1.29 is 208 Å². The maximum absolute atomic E-state index is 13.3. The second kappa shape index (κ2) is 19.2. The van der Waals surface area contributed by atoms with Gasteiger partial charge < -0.3 is 15.3 Å². The van der Waals surface area contributed by atoms with Crippen LogP contribution in [0.5, 0.6) is 0 Å². The molecule has 0 N–H and O–H groups in total. The van der Waals surface area contributed by atoms with E-state index in [2.05, 4.69) is 0 Å². The van der Waals surface area contributed by atoms with Gasteiger partial charge in [-0.1, -0.05) is 61.7 Å². The number of hydrogen-bond donors (Lipinski definition) is 0. The van der Waals surface area contributed by atoms with Gasteiger partial charge in [-0.3, -0.25) is 14.4 Å². The fourth-order valence-electron chi connectivity index (χ4n) is 1.95. The molecule has 0 aliphatic carbocycles. The number of halogens is 21.